The Hall–Kier alpha value is -4.46. The third-order valence-corrected chi connectivity index (χ3v) is 8.39. The van der Waals surface area contributed by atoms with Crippen LogP contribution in [0.1, 0.15) is 90.1 Å². The fourth-order valence-electron chi connectivity index (χ4n) is 5.23. The van der Waals surface area contributed by atoms with E-state index >= 15 is 0 Å². The van der Waals surface area contributed by atoms with Crippen molar-refractivity contribution in [2.24, 2.45) is 23.7 Å². The molecule has 0 fully saturated rings. The first kappa shape index (κ1) is 36.0. The van der Waals surface area contributed by atoms with Gasteiger partial charge in [0.1, 0.15) is 0 Å². The van der Waals surface area contributed by atoms with Crippen molar-refractivity contribution in [3.8, 4) is 0 Å². The highest BCUT2D eigenvalue weighted by atomic mass is 16.2. The molecule has 8 nitrogen and oxygen atoms in total. The number of amides is 4. The molecule has 0 radical (unpaired) electrons. The zero-order valence-corrected chi connectivity index (χ0v) is 29.1. The lowest BCUT2D eigenvalue weighted by Crippen LogP contribution is -2.30. The average molecular weight is 627 g/mol. The Morgan fingerprint density at radius 3 is 1.17 bits per heavy atom. The van der Waals surface area contributed by atoms with E-state index in [1.807, 2.05) is 112 Å². The summed E-state index contributed by atoms with van der Waals surface area (Å²) in [5.74, 6) is -1.60. The van der Waals surface area contributed by atoms with Gasteiger partial charge in [-0.05, 0) is 72.9 Å². The first-order valence-electron chi connectivity index (χ1n) is 16.1. The zero-order chi connectivity index (χ0) is 34.5. The molecule has 0 saturated carbocycles. The Morgan fingerprint density at radius 2 is 0.848 bits per heavy atom. The summed E-state index contributed by atoms with van der Waals surface area (Å²) in [6.45, 7) is 20.6. The Labute approximate surface area is 274 Å². The summed E-state index contributed by atoms with van der Waals surface area (Å²) >= 11 is 0. The molecule has 0 heterocycles. The van der Waals surface area contributed by atoms with Crippen LogP contribution in [-0.4, -0.2) is 23.6 Å². The molecule has 4 amide bonds. The van der Waals surface area contributed by atoms with E-state index in [2.05, 4.69) is 28.2 Å². The number of carbonyl (C=O) groups is 4. The molecule has 4 N–H and O–H groups in total. The van der Waals surface area contributed by atoms with Gasteiger partial charge >= 0.3 is 0 Å². The summed E-state index contributed by atoms with van der Waals surface area (Å²) in [5.41, 5.74) is 5.70. The van der Waals surface area contributed by atoms with Crippen molar-refractivity contribution < 1.29 is 19.2 Å². The average Bonchev–Trinajstić information content (AvgIpc) is 2.99. The predicted octanol–water partition coefficient (Wildman–Crippen LogP) is 8.04. The van der Waals surface area contributed by atoms with E-state index in [0.29, 0.717) is 22.7 Å². The van der Waals surface area contributed by atoms with Gasteiger partial charge in [0.15, 0.2) is 0 Å². The van der Waals surface area contributed by atoms with E-state index in [9.17, 15) is 19.2 Å². The maximum atomic E-state index is 13.0. The zero-order valence-electron chi connectivity index (χ0n) is 29.1. The number of nitrogens with one attached hydrogen (secondary N) is 4. The second-order valence-electron chi connectivity index (χ2n) is 13.5. The van der Waals surface area contributed by atoms with Crippen molar-refractivity contribution in [2.75, 3.05) is 21.3 Å². The molecule has 0 saturated heterocycles. The van der Waals surface area contributed by atoms with Crippen LogP contribution in [0.2, 0.25) is 0 Å². The number of hydrogen-bond acceptors (Lipinski definition) is 4. The molecular formula is C38H50N4O4. The highest BCUT2D eigenvalue weighted by molar-refractivity contribution is 5.98. The van der Waals surface area contributed by atoms with Gasteiger partial charge in [-0.15, -0.1) is 0 Å². The number of carbonyl (C=O) groups excluding carboxylic acids is 4. The maximum Gasteiger partial charge on any atom is 0.226 e. The lowest BCUT2D eigenvalue weighted by Gasteiger charge is -2.36. The summed E-state index contributed by atoms with van der Waals surface area (Å²) in [6.07, 6.45) is 0. The van der Waals surface area contributed by atoms with Gasteiger partial charge in [0.05, 0.1) is 0 Å². The molecule has 3 aromatic carbocycles. The maximum absolute atomic E-state index is 13.0. The van der Waals surface area contributed by atoms with E-state index < -0.39 is 5.41 Å². The summed E-state index contributed by atoms with van der Waals surface area (Å²) < 4.78 is 0. The minimum Gasteiger partial charge on any atom is -0.326 e. The van der Waals surface area contributed by atoms with E-state index in [-0.39, 0.29) is 47.3 Å². The van der Waals surface area contributed by atoms with E-state index in [1.54, 1.807) is 12.1 Å². The molecular weight excluding hydrogens is 576 g/mol. The van der Waals surface area contributed by atoms with Gasteiger partial charge in [0.25, 0.3) is 0 Å². The Morgan fingerprint density at radius 1 is 0.522 bits per heavy atom. The fraction of sp³-hybridized carbons (Fsp3) is 0.421. The number of hydrogen-bond donors (Lipinski definition) is 4. The number of rotatable bonds is 11. The van der Waals surface area contributed by atoms with Crippen LogP contribution >= 0.6 is 0 Å². The second-order valence-corrected chi connectivity index (χ2v) is 13.5. The van der Waals surface area contributed by atoms with Crippen molar-refractivity contribution in [1.29, 1.82) is 0 Å². The van der Waals surface area contributed by atoms with Crippen molar-refractivity contribution in [2.45, 2.75) is 81.6 Å². The highest BCUT2D eigenvalue weighted by Crippen LogP contribution is 2.46. The summed E-state index contributed by atoms with van der Waals surface area (Å²) in [4.78, 5) is 51.8. The minimum absolute atomic E-state index is 0.143. The minimum atomic E-state index is -0.874. The third kappa shape index (κ3) is 8.03. The molecule has 8 heteroatoms. The third-order valence-electron chi connectivity index (χ3n) is 8.39. The summed E-state index contributed by atoms with van der Waals surface area (Å²) in [6, 6.07) is 17.5. The van der Waals surface area contributed by atoms with Crippen LogP contribution in [0.15, 0.2) is 54.6 Å². The van der Waals surface area contributed by atoms with E-state index in [4.69, 9.17) is 0 Å². The van der Waals surface area contributed by atoms with Crippen LogP contribution in [0.3, 0.4) is 0 Å². The lowest BCUT2D eigenvalue weighted by atomic mass is 9.68. The highest BCUT2D eigenvalue weighted by Gasteiger charge is 2.36. The molecule has 0 bridgehead atoms. The standard InChI is InChI=1S/C38H50N4O4/c1-21(2)34(43)39-28-17-30(25(9)32(19-28)41-36(45)23(5)6)38(11,27-15-13-12-14-16-27)31-18-29(40-35(44)22(3)4)20-33(26(31)10)42-37(46)24(7)8/h12-24H,1-11H3,(H,39,43)(H,40,44)(H,41,45)(H,42,46). The van der Waals surface area contributed by atoms with Gasteiger partial charge in [0.2, 0.25) is 23.6 Å². The molecule has 0 aliphatic rings. The summed E-state index contributed by atoms with van der Waals surface area (Å²) in [5, 5.41) is 12.2. The Kier molecular flexibility index (Phi) is 11.6. The van der Waals surface area contributed by atoms with Gasteiger partial charge in [-0.3, -0.25) is 19.2 Å². The molecule has 0 unspecified atom stereocenters. The SMILES string of the molecule is Cc1c(NC(=O)C(C)C)cc(NC(=O)C(C)C)cc1C(C)(c1ccccc1)c1cc(NC(=O)C(C)C)cc(NC(=O)C(C)C)c1C. The quantitative estimate of drug-likeness (QED) is 0.161. The van der Waals surface area contributed by atoms with Gasteiger partial charge < -0.3 is 21.3 Å². The molecule has 46 heavy (non-hydrogen) atoms. The largest absolute Gasteiger partial charge is 0.326 e. The van der Waals surface area contributed by atoms with Gasteiger partial charge in [-0.2, -0.15) is 0 Å². The fourth-order valence-corrected chi connectivity index (χ4v) is 5.23. The first-order chi connectivity index (χ1) is 21.5. The Bertz CT molecular complexity index is 1510. The first-order valence-corrected chi connectivity index (χ1v) is 16.1. The van der Waals surface area contributed by atoms with Gasteiger partial charge in [0, 0.05) is 51.8 Å². The second kappa shape index (κ2) is 14.8. The lowest BCUT2D eigenvalue weighted by molar-refractivity contribution is -0.119. The van der Waals surface area contributed by atoms with Crippen molar-refractivity contribution in [3.63, 3.8) is 0 Å². The normalized spacial score (nSPS) is 11.6. The molecule has 0 aromatic heterocycles. The van der Waals surface area contributed by atoms with Gasteiger partial charge in [-0.25, -0.2) is 0 Å². The molecule has 0 aliphatic carbocycles. The number of benzene rings is 3. The monoisotopic (exact) mass is 626 g/mol. The van der Waals surface area contributed by atoms with E-state index in [0.717, 1.165) is 27.8 Å². The van der Waals surface area contributed by atoms with Crippen LogP contribution in [0, 0.1) is 37.5 Å². The molecule has 3 rings (SSSR count). The van der Waals surface area contributed by atoms with Crippen LogP contribution < -0.4 is 21.3 Å². The number of anilines is 4. The predicted molar refractivity (Wildman–Crippen MR) is 188 cm³/mol. The molecule has 0 aliphatic heterocycles. The van der Waals surface area contributed by atoms with Crippen LogP contribution in [0.4, 0.5) is 22.7 Å². The summed E-state index contributed by atoms with van der Waals surface area (Å²) in [7, 11) is 0. The Balaban J connectivity index is 2.47. The van der Waals surface area contributed by atoms with Crippen molar-refractivity contribution in [1.82, 2.24) is 0 Å². The van der Waals surface area contributed by atoms with Gasteiger partial charge in [-0.1, -0.05) is 85.7 Å². The van der Waals surface area contributed by atoms with Crippen molar-refractivity contribution >= 4 is 46.4 Å². The van der Waals surface area contributed by atoms with Crippen molar-refractivity contribution in [3.05, 3.63) is 82.4 Å². The molecule has 246 valence electrons. The topological polar surface area (TPSA) is 116 Å². The van der Waals surface area contributed by atoms with E-state index in [1.165, 1.54) is 0 Å². The smallest absolute Gasteiger partial charge is 0.226 e. The van der Waals surface area contributed by atoms with Crippen LogP contribution in [0.25, 0.3) is 0 Å². The molecule has 0 atom stereocenters. The molecule has 3 aromatic rings. The van der Waals surface area contributed by atoms with Crippen LogP contribution in [-0.2, 0) is 24.6 Å². The molecule has 0 spiro atoms. The van der Waals surface area contributed by atoms with Crippen LogP contribution in [0.5, 0.6) is 0 Å².